The summed E-state index contributed by atoms with van der Waals surface area (Å²) < 4.78 is 5.78. The van der Waals surface area contributed by atoms with Crippen molar-refractivity contribution in [3.05, 3.63) is 47.2 Å². The van der Waals surface area contributed by atoms with E-state index in [0.717, 1.165) is 17.8 Å². The molecule has 0 aliphatic rings. The van der Waals surface area contributed by atoms with Crippen LogP contribution in [0.1, 0.15) is 63.4 Å². The molecule has 0 atom stereocenters. The van der Waals surface area contributed by atoms with E-state index in [-0.39, 0.29) is 17.7 Å². The van der Waals surface area contributed by atoms with Gasteiger partial charge in [0.1, 0.15) is 5.76 Å². The number of carbonyl (C=O) groups excluding carboxylic acids is 1. The maximum absolute atomic E-state index is 12.3. The van der Waals surface area contributed by atoms with Crippen LogP contribution in [-0.2, 0) is 23.1 Å². The number of amides is 1. The zero-order valence-corrected chi connectivity index (χ0v) is 15.4. The number of hydrogen-bond donors (Lipinski definition) is 1. The van der Waals surface area contributed by atoms with E-state index >= 15 is 0 Å². The fraction of sp³-hybridized carbons (Fsp3) is 0.500. The number of benzene rings is 1. The molecule has 2 aromatic rings. The second kappa shape index (κ2) is 7.65. The average molecular weight is 328 g/mol. The van der Waals surface area contributed by atoms with Gasteiger partial charge in [0.2, 0.25) is 5.91 Å². The van der Waals surface area contributed by atoms with Gasteiger partial charge in [0.15, 0.2) is 5.89 Å². The molecule has 1 aromatic carbocycles. The monoisotopic (exact) mass is 328 g/mol. The van der Waals surface area contributed by atoms with E-state index in [0.29, 0.717) is 11.7 Å². The Morgan fingerprint density at radius 1 is 1.21 bits per heavy atom. The van der Waals surface area contributed by atoms with Crippen LogP contribution in [0.5, 0.6) is 0 Å². The summed E-state index contributed by atoms with van der Waals surface area (Å²) in [4.78, 5) is 16.7. The number of aromatic nitrogens is 1. The molecule has 0 radical (unpaired) electrons. The summed E-state index contributed by atoms with van der Waals surface area (Å²) in [6.07, 6.45) is 3.65. The summed E-state index contributed by atoms with van der Waals surface area (Å²) in [5.41, 5.74) is 2.74. The van der Waals surface area contributed by atoms with Gasteiger partial charge in [-0.05, 0) is 37.5 Å². The van der Waals surface area contributed by atoms with Gasteiger partial charge in [-0.15, -0.1) is 0 Å². The minimum absolute atomic E-state index is 0.0870. The summed E-state index contributed by atoms with van der Waals surface area (Å²) >= 11 is 0. The second-order valence-corrected chi connectivity index (χ2v) is 7.30. The average Bonchev–Trinajstić information content (AvgIpc) is 2.88. The van der Waals surface area contributed by atoms with Crippen molar-refractivity contribution in [2.75, 3.05) is 5.32 Å². The van der Waals surface area contributed by atoms with Crippen LogP contribution in [-0.4, -0.2) is 10.9 Å². The van der Waals surface area contributed by atoms with Crippen molar-refractivity contribution >= 4 is 11.6 Å². The molecule has 0 spiro atoms. The summed E-state index contributed by atoms with van der Waals surface area (Å²) in [7, 11) is 0. The largest absolute Gasteiger partial charge is 0.444 e. The van der Waals surface area contributed by atoms with Crippen LogP contribution in [0.4, 0.5) is 5.69 Å². The van der Waals surface area contributed by atoms with Gasteiger partial charge in [0.05, 0.1) is 12.1 Å². The lowest BCUT2D eigenvalue weighted by Crippen LogP contribution is -2.14. The molecule has 2 rings (SSSR count). The molecule has 0 bridgehead atoms. The molecule has 24 heavy (non-hydrogen) atoms. The maximum atomic E-state index is 12.3. The van der Waals surface area contributed by atoms with E-state index in [1.54, 1.807) is 0 Å². The molecule has 0 unspecified atom stereocenters. The standard InChI is InChI=1S/C20H28N2O2/c1-6-7-8-15-9-11-16(12-10-15)22-18(23)13-17-14(2)21-19(24-17)20(3,4)5/h9-12H,6-8,13H2,1-5H3,(H,22,23). The lowest BCUT2D eigenvalue weighted by Gasteiger charge is -2.12. The minimum atomic E-state index is -0.159. The number of oxazole rings is 1. The Morgan fingerprint density at radius 3 is 2.42 bits per heavy atom. The Balaban J connectivity index is 1.97. The Labute approximate surface area is 144 Å². The van der Waals surface area contributed by atoms with E-state index in [1.807, 2.05) is 39.8 Å². The first kappa shape index (κ1) is 18.2. The van der Waals surface area contributed by atoms with Gasteiger partial charge in [-0.25, -0.2) is 4.98 Å². The third-order valence-electron chi connectivity index (χ3n) is 3.91. The van der Waals surface area contributed by atoms with Crippen LogP contribution in [0.3, 0.4) is 0 Å². The van der Waals surface area contributed by atoms with Crippen LogP contribution in [0.2, 0.25) is 0 Å². The first-order valence-electron chi connectivity index (χ1n) is 8.65. The molecule has 0 aliphatic carbocycles. The van der Waals surface area contributed by atoms with Gasteiger partial charge in [0.25, 0.3) is 0 Å². The minimum Gasteiger partial charge on any atom is -0.444 e. The Kier molecular flexibility index (Phi) is 5.81. The number of carbonyl (C=O) groups is 1. The zero-order chi connectivity index (χ0) is 17.7. The van der Waals surface area contributed by atoms with Crippen molar-refractivity contribution in [2.45, 2.75) is 65.7 Å². The molecular weight excluding hydrogens is 300 g/mol. The van der Waals surface area contributed by atoms with Crippen molar-refractivity contribution in [1.29, 1.82) is 0 Å². The van der Waals surface area contributed by atoms with Gasteiger partial charge in [0, 0.05) is 11.1 Å². The number of unbranched alkanes of at least 4 members (excludes halogenated alkanes) is 1. The van der Waals surface area contributed by atoms with Gasteiger partial charge in [-0.1, -0.05) is 46.2 Å². The van der Waals surface area contributed by atoms with Crippen LogP contribution >= 0.6 is 0 Å². The molecule has 1 amide bonds. The Bertz CT molecular complexity index is 679. The Hall–Kier alpha value is -2.10. The van der Waals surface area contributed by atoms with E-state index in [1.165, 1.54) is 18.4 Å². The van der Waals surface area contributed by atoms with Gasteiger partial charge < -0.3 is 9.73 Å². The molecule has 0 saturated carbocycles. The van der Waals surface area contributed by atoms with E-state index < -0.39 is 0 Å². The summed E-state index contributed by atoms with van der Waals surface area (Å²) in [6.45, 7) is 10.2. The molecule has 0 fully saturated rings. The lowest BCUT2D eigenvalue weighted by molar-refractivity contribution is -0.115. The topological polar surface area (TPSA) is 55.1 Å². The molecule has 1 aromatic heterocycles. The number of aryl methyl sites for hydroxylation is 2. The van der Waals surface area contributed by atoms with Gasteiger partial charge in [-0.2, -0.15) is 0 Å². The van der Waals surface area contributed by atoms with Crippen LogP contribution < -0.4 is 5.32 Å². The Morgan fingerprint density at radius 2 is 1.88 bits per heavy atom. The van der Waals surface area contributed by atoms with Crippen molar-refractivity contribution in [1.82, 2.24) is 4.98 Å². The molecule has 4 nitrogen and oxygen atoms in total. The predicted octanol–water partition coefficient (Wildman–Crippen LogP) is 4.80. The van der Waals surface area contributed by atoms with Crippen molar-refractivity contribution in [2.24, 2.45) is 0 Å². The highest BCUT2D eigenvalue weighted by molar-refractivity contribution is 5.92. The normalized spacial score (nSPS) is 11.5. The maximum Gasteiger partial charge on any atom is 0.232 e. The predicted molar refractivity (Wildman–Crippen MR) is 97.3 cm³/mol. The summed E-state index contributed by atoms with van der Waals surface area (Å²) in [5, 5.41) is 2.92. The zero-order valence-electron chi connectivity index (χ0n) is 15.4. The van der Waals surface area contributed by atoms with Crippen molar-refractivity contribution in [3.8, 4) is 0 Å². The number of hydrogen-bond acceptors (Lipinski definition) is 3. The summed E-state index contributed by atoms with van der Waals surface area (Å²) in [5.74, 6) is 1.22. The smallest absolute Gasteiger partial charge is 0.232 e. The molecular formula is C20H28N2O2. The van der Waals surface area contributed by atoms with Crippen molar-refractivity contribution in [3.63, 3.8) is 0 Å². The third kappa shape index (κ3) is 4.95. The molecule has 1 N–H and O–H groups in total. The van der Waals surface area contributed by atoms with Crippen LogP contribution in [0.25, 0.3) is 0 Å². The molecule has 0 aliphatic heterocycles. The van der Waals surface area contributed by atoms with Gasteiger partial charge in [-0.3, -0.25) is 4.79 Å². The van der Waals surface area contributed by atoms with Crippen molar-refractivity contribution < 1.29 is 9.21 Å². The SMILES string of the molecule is CCCCc1ccc(NC(=O)Cc2oc(C(C)(C)C)nc2C)cc1. The summed E-state index contributed by atoms with van der Waals surface area (Å²) in [6, 6.07) is 8.05. The van der Waals surface area contributed by atoms with E-state index in [4.69, 9.17) is 4.42 Å². The fourth-order valence-electron chi connectivity index (χ4n) is 2.40. The first-order valence-corrected chi connectivity index (χ1v) is 8.65. The fourth-order valence-corrected chi connectivity index (χ4v) is 2.40. The van der Waals surface area contributed by atoms with E-state index in [2.05, 4.69) is 29.4 Å². The molecule has 4 heteroatoms. The highest BCUT2D eigenvalue weighted by Crippen LogP contribution is 2.24. The lowest BCUT2D eigenvalue weighted by atomic mass is 9.97. The highest BCUT2D eigenvalue weighted by Gasteiger charge is 2.23. The molecule has 0 saturated heterocycles. The number of rotatable bonds is 6. The highest BCUT2D eigenvalue weighted by atomic mass is 16.4. The second-order valence-electron chi connectivity index (χ2n) is 7.30. The van der Waals surface area contributed by atoms with E-state index in [9.17, 15) is 4.79 Å². The van der Waals surface area contributed by atoms with Crippen LogP contribution in [0.15, 0.2) is 28.7 Å². The molecule has 130 valence electrons. The third-order valence-corrected chi connectivity index (χ3v) is 3.91. The number of anilines is 1. The number of nitrogens with zero attached hydrogens (tertiary/aromatic N) is 1. The number of nitrogens with one attached hydrogen (secondary N) is 1. The quantitative estimate of drug-likeness (QED) is 0.828. The first-order chi connectivity index (χ1) is 11.3. The van der Waals surface area contributed by atoms with Gasteiger partial charge >= 0.3 is 0 Å². The molecule has 1 heterocycles. The van der Waals surface area contributed by atoms with Crippen LogP contribution in [0, 0.1) is 6.92 Å².